The maximum atomic E-state index is 11.9. The van der Waals surface area contributed by atoms with Gasteiger partial charge in [-0.25, -0.2) is 0 Å². The molecule has 1 aromatic heterocycles. The number of rotatable bonds is 6. The molecule has 0 radical (unpaired) electrons. The van der Waals surface area contributed by atoms with Crippen LogP contribution in [-0.4, -0.2) is 32.7 Å². The second-order valence-corrected chi connectivity index (χ2v) is 6.14. The number of imide groups is 1. The van der Waals surface area contributed by atoms with E-state index in [4.69, 9.17) is 4.42 Å². The smallest absolute Gasteiger partial charge is 0.277 e. The number of benzene rings is 2. The van der Waals surface area contributed by atoms with Crippen molar-refractivity contribution in [1.82, 2.24) is 15.5 Å². The Labute approximate surface area is 156 Å². The Hall–Kier alpha value is -3.53. The van der Waals surface area contributed by atoms with Gasteiger partial charge in [0.2, 0.25) is 11.8 Å². The van der Waals surface area contributed by atoms with E-state index in [1.165, 1.54) is 18.2 Å². The summed E-state index contributed by atoms with van der Waals surface area (Å²) in [6, 6.07) is 14.1. The average molecular weight is 384 g/mol. The third kappa shape index (κ3) is 4.76. The SMILES string of the molecule is O=C(CSc1nnc(-c2cccc([N+](=O)[O-])c2)o1)NC(=O)c1ccccc1. The van der Waals surface area contributed by atoms with Crippen LogP contribution in [0.15, 0.2) is 64.2 Å². The molecule has 0 unspecified atom stereocenters. The van der Waals surface area contributed by atoms with Crippen molar-refractivity contribution in [3.63, 3.8) is 0 Å². The zero-order valence-electron chi connectivity index (χ0n) is 13.7. The molecule has 0 fully saturated rings. The van der Waals surface area contributed by atoms with Gasteiger partial charge < -0.3 is 4.42 Å². The van der Waals surface area contributed by atoms with Gasteiger partial charge in [-0.3, -0.25) is 25.0 Å². The van der Waals surface area contributed by atoms with E-state index in [0.717, 1.165) is 11.8 Å². The Morgan fingerprint density at radius 1 is 1.11 bits per heavy atom. The van der Waals surface area contributed by atoms with E-state index < -0.39 is 16.7 Å². The van der Waals surface area contributed by atoms with E-state index in [1.807, 2.05) is 0 Å². The molecule has 136 valence electrons. The van der Waals surface area contributed by atoms with Gasteiger partial charge >= 0.3 is 0 Å². The van der Waals surface area contributed by atoms with Crippen LogP contribution >= 0.6 is 11.8 Å². The van der Waals surface area contributed by atoms with Crippen LogP contribution in [0.1, 0.15) is 10.4 Å². The van der Waals surface area contributed by atoms with Crippen LogP contribution in [0.2, 0.25) is 0 Å². The van der Waals surface area contributed by atoms with E-state index in [-0.39, 0.29) is 22.6 Å². The zero-order valence-corrected chi connectivity index (χ0v) is 14.5. The number of nitro benzene ring substituents is 1. The van der Waals surface area contributed by atoms with Crippen LogP contribution in [-0.2, 0) is 4.79 Å². The molecule has 3 rings (SSSR count). The monoisotopic (exact) mass is 384 g/mol. The maximum absolute atomic E-state index is 11.9. The standard InChI is InChI=1S/C17H12N4O5S/c22-14(18-15(23)11-5-2-1-3-6-11)10-27-17-20-19-16(26-17)12-7-4-8-13(9-12)21(24)25/h1-9H,10H2,(H,18,22,23). The summed E-state index contributed by atoms with van der Waals surface area (Å²) in [6.07, 6.45) is 0. The van der Waals surface area contributed by atoms with E-state index in [9.17, 15) is 19.7 Å². The van der Waals surface area contributed by atoms with Gasteiger partial charge in [-0.15, -0.1) is 10.2 Å². The molecule has 0 saturated carbocycles. The molecule has 0 aliphatic carbocycles. The highest BCUT2D eigenvalue weighted by Crippen LogP contribution is 2.25. The molecule has 10 heteroatoms. The Morgan fingerprint density at radius 2 is 1.89 bits per heavy atom. The van der Waals surface area contributed by atoms with Gasteiger partial charge in [-0.1, -0.05) is 36.0 Å². The number of amides is 2. The van der Waals surface area contributed by atoms with Gasteiger partial charge in [0.25, 0.3) is 16.8 Å². The van der Waals surface area contributed by atoms with Crippen molar-refractivity contribution >= 4 is 29.3 Å². The normalized spacial score (nSPS) is 10.4. The lowest BCUT2D eigenvalue weighted by atomic mass is 10.2. The minimum absolute atomic E-state index is 0.0984. The minimum Gasteiger partial charge on any atom is -0.411 e. The van der Waals surface area contributed by atoms with Gasteiger partial charge in [-0.2, -0.15) is 0 Å². The number of hydrogen-bond acceptors (Lipinski definition) is 8. The number of thioether (sulfide) groups is 1. The number of hydrogen-bond donors (Lipinski definition) is 1. The Balaban J connectivity index is 1.58. The van der Waals surface area contributed by atoms with Crippen LogP contribution in [0.5, 0.6) is 0 Å². The molecular formula is C17H12N4O5S. The third-order valence-electron chi connectivity index (χ3n) is 3.33. The van der Waals surface area contributed by atoms with Gasteiger partial charge in [0.1, 0.15) is 0 Å². The fourth-order valence-corrected chi connectivity index (χ4v) is 2.65. The Kier molecular flexibility index (Phi) is 5.57. The molecule has 0 aliphatic heterocycles. The highest BCUT2D eigenvalue weighted by atomic mass is 32.2. The summed E-state index contributed by atoms with van der Waals surface area (Å²) in [6.45, 7) is 0. The van der Waals surface area contributed by atoms with E-state index in [0.29, 0.717) is 11.1 Å². The highest BCUT2D eigenvalue weighted by Gasteiger charge is 2.15. The van der Waals surface area contributed by atoms with Crippen LogP contribution in [0.25, 0.3) is 11.5 Å². The first-order valence-electron chi connectivity index (χ1n) is 7.63. The van der Waals surface area contributed by atoms with Crippen molar-refractivity contribution in [2.45, 2.75) is 5.22 Å². The Bertz CT molecular complexity index is 990. The van der Waals surface area contributed by atoms with Gasteiger partial charge in [0.15, 0.2) is 0 Å². The maximum Gasteiger partial charge on any atom is 0.277 e. The Morgan fingerprint density at radius 3 is 2.63 bits per heavy atom. The fraction of sp³-hybridized carbons (Fsp3) is 0.0588. The summed E-state index contributed by atoms with van der Waals surface area (Å²) in [5, 5.41) is 20.8. The molecule has 1 N–H and O–H groups in total. The lowest BCUT2D eigenvalue weighted by Crippen LogP contribution is -2.31. The summed E-state index contributed by atoms with van der Waals surface area (Å²) in [5.41, 5.74) is 0.674. The largest absolute Gasteiger partial charge is 0.411 e. The lowest BCUT2D eigenvalue weighted by Gasteiger charge is -2.02. The predicted octanol–water partition coefficient (Wildman–Crippen LogP) is 2.69. The number of nitro groups is 1. The first-order valence-corrected chi connectivity index (χ1v) is 8.62. The second-order valence-electron chi connectivity index (χ2n) is 5.21. The molecule has 3 aromatic rings. The van der Waals surface area contributed by atoms with Crippen LogP contribution < -0.4 is 5.32 Å². The quantitative estimate of drug-likeness (QED) is 0.390. The molecule has 0 saturated heterocycles. The number of carbonyl (C=O) groups is 2. The molecular weight excluding hydrogens is 372 g/mol. The van der Waals surface area contributed by atoms with E-state index in [1.54, 1.807) is 36.4 Å². The number of carbonyl (C=O) groups excluding carboxylic acids is 2. The molecule has 0 bridgehead atoms. The third-order valence-corrected chi connectivity index (χ3v) is 4.14. The van der Waals surface area contributed by atoms with Crippen LogP contribution in [0.4, 0.5) is 5.69 Å². The van der Waals surface area contributed by atoms with Gasteiger partial charge in [-0.05, 0) is 18.2 Å². The van der Waals surface area contributed by atoms with Gasteiger partial charge in [0.05, 0.1) is 10.7 Å². The van der Waals surface area contributed by atoms with Crippen molar-refractivity contribution in [1.29, 1.82) is 0 Å². The summed E-state index contributed by atoms with van der Waals surface area (Å²) >= 11 is 0.953. The van der Waals surface area contributed by atoms with Crippen LogP contribution in [0, 0.1) is 10.1 Å². The van der Waals surface area contributed by atoms with Crippen molar-refractivity contribution < 1.29 is 18.9 Å². The van der Waals surface area contributed by atoms with Crippen molar-refractivity contribution in [2.75, 3.05) is 5.75 Å². The zero-order chi connectivity index (χ0) is 19.2. The van der Waals surface area contributed by atoms with E-state index in [2.05, 4.69) is 15.5 Å². The summed E-state index contributed by atoms with van der Waals surface area (Å²) < 4.78 is 5.40. The predicted molar refractivity (Wildman–Crippen MR) is 96.0 cm³/mol. The molecule has 1 heterocycles. The number of aromatic nitrogens is 2. The second kappa shape index (κ2) is 8.23. The first-order chi connectivity index (χ1) is 13.0. The molecule has 27 heavy (non-hydrogen) atoms. The van der Waals surface area contributed by atoms with Crippen LogP contribution in [0.3, 0.4) is 0 Å². The summed E-state index contributed by atoms with van der Waals surface area (Å²) in [4.78, 5) is 34.1. The summed E-state index contributed by atoms with van der Waals surface area (Å²) in [5.74, 6) is -1.01. The molecule has 0 aliphatic rings. The summed E-state index contributed by atoms with van der Waals surface area (Å²) in [7, 11) is 0. The minimum atomic E-state index is -0.524. The molecule has 2 amide bonds. The number of nitrogens with zero attached hydrogens (tertiary/aromatic N) is 3. The van der Waals surface area contributed by atoms with Crippen molar-refractivity contribution in [2.24, 2.45) is 0 Å². The number of non-ortho nitro benzene ring substituents is 1. The lowest BCUT2D eigenvalue weighted by molar-refractivity contribution is -0.384. The molecule has 0 atom stereocenters. The van der Waals surface area contributed by atoms with Crippen molar-refractivity contribution in [3.05, 3.63) is 70.3 Å². The molecule has 2 aromatic carbocycles. The topological polar surface area (TPSA) is 128 Å². The van der Waals surface area contributed by atoms with Crippen molar-refractivity contribution in [3.8, 4) is 11.5 Å². The highest BCUT2D eigenvalue weighted by molar-refractivity contribution is 7.99. The van der Waals surface area contributed by atoms with Gasteiger partial charge in [0, 0.05) is 23.3 Å². The first kappa shape index (κ1) is 18.3. The fourth-order valence-electron chi connectivity index (χ4n) is 2.09. The molecule has 9 nitrogen and oxygen atoms in total. The average Bonchev–Trinajstić information content (AvgIpc) is 3.16. The van der Waals surface area contributed by atoms with E-state index >= 15 is 0 Å². The number of nitrogens with one attached hydrogen (secondary N) is 1. The molecule has 0 spiro atoms.